The molecule has 2 rings (SSSR count). The number of benzene rings is 2. The average Bonchev–Trinajstić information content (AvgIpc) is 2.54. The van der Waals surface area contributed by atoms with Crippen molar-refractivity contribution in [3.05, 3.63) is 53.6 Å². The van der Waals surface area contributed by atoms with Crippen LogP contribution in [0, 0.1) is 0 Å². The van der Waals surface area contributed by atoms with Crippen molar-refractivity contribution in [3.63, 3.8) is 0 Å². The Hall–Kier alpha value is -2.20. The molecule has 4 nitrogen and oxygen atoms in total. The summed E-state index contributed by atoms with van der Waals surface area (Å²) in [5.41, 5.74) is 7.78. The van der Waals surface area contributed by atoms with E-state index in [1.165, 1.54) is 0 Å². The molecule has 0 atom stereocenters. The highest BCUT2D eigenvalue weighted by Crippen LogP contribution is 2.32. The van der Waals surface area contributed by atoms with Gasteiger partial charge in [0.2, 0.25) is 0 Å². The molecule has 21 heavy (non-hydrogen) atoms. The van der Waals surface area contributed by atoms with E-state index in [-0.39, 0.29) is 0 Å². The van der Waals surface area contributed by atoms with Crippen molar-refractivity contribution in [2.24, 2.45) is 5.73 Å². The van der Waals surface area contributed by atoms with Gasteiger partial charge in [-0.25, -0.2) is 0 Å². The molecular weight excluding hydrogens is 266 g/mol. The first kappa shape index (κ1) is 15.2. The molecule has 2 aromatic rings. The Morgan fingerprint density at radius 2 is 1.71 bits per heavy atom. The van der Waals surface area contributed by atoms with Gasteiger partial charge >= 0.3 is 0 Å². The molecule has 0 aliphatic heterocycles. The van der Waals surface area contributed by atoms with Gasteiger partial charge < -0.3 is 19.9 Å². The minimum absolute atomic E-state index is 0.474. The largest absolute Gasteiger partial charge is 0.497 e. The van der Waals surface area contributed by atoms with Crippen molar-refractivity contribution in [2.75, 3.05) is 20.8 Å². The molecule has 0 saturated carbocycles. The lowest BCUT2D eigenvalue weighted by molar-refractivity contribution is 0.281. The maximum absolute atomic E-state index is 5.95. The Kier molecular flexibility index (Phi) is 5.46. The van der Waals surface area contributed by atoms with E-state index < -0.39 is 0 Å². The molecule has 0 unspecified atom stereocenters. The van der Waals surface area contributed by atoms with Crippen LogP contribution in [0.15, 0.2) is 42.5 Å². The third kappa shape index (κ3) is 3.89. The van der Waals surface area contributed by atoms with Crippen LogP contribution in [0.1, 0.15) is 11.1 Å². The van der Waals surface area contributed by atoms with Crippen LogP contribution in [0.5, 0.6) is 17.2 Å². The second-order valence-corrected chi connectivity index (χ2v) is 4.62. The average molecular weight is 287 g/mol. The summed E-state index contributed by atoms with van der Waals surface area (Å²) in [6.45, 7) is 1.05. The van der Waals surface area contributed by atoms with Crippen LogP contribution in [0.3, 0.4) is 0 Å². The molecule has 0 aliphatic rings. The van der Waals surface area contributed by atoms with Crippen LogP contribution < -0.4 is 19.9 Å². The molecule has 4 heteroatoms. The highest BCUT2D eigenvalue weighted by Gasteiger charge is 2.10. The van der Waals surface area contributed by atoms with Gasteiger partial charge in [0, 0.05) is 0 Å². The number of methoxy groups -OCH3 is 2. The normalized spacial score (nSPS) is 10.2. The van der Waals surface area contributed by atoms with Crippen molar-refractivity contribution < 1.29 is 14.2 Å². The van der Waals surface area contributed by atoms with Crippen molar-refractivity contribution in [1.29, 1.82) is 0 Å². The van der Waals surface area contributed by atoms with Crippen molar-refractivity contribution >= 4 is 0 Å². The predicted octanol–water partition coefficient (Wildman–Crippen LogP) is 2.78. The lowest BCUT2D eigenvalue weighted by Gasteiger charge is -2.15. The minimum atomic E-state index is 0.474. The van der Waals surface area contributed by atoms with Gasteiger partial charge in [-0.05, 0) is 42.3 Å². The maximum atomic E-state index is 5.95. The van der Waals surface area contributed by atoms with Crippen LogP contribution in [0.2, 0.25) is 0 Å². The Bertz CT molecular complexity index is 567. The van der Waals surface area contributed by atoms with E-state index in [2.05, 4.69) is 0 Å². The fourth-order valence-electron chi connectivity index (χ4n) is 2.12. The summed E-state index contributed by atoms with van der Waals surface area (Å²) in [7, 11) is 3.29. The van der Waals surface area contributed by atoms with Gasteiger partial charge in [0.1, 0.15) is 12.4 Å². The number of rotatable bonds is 7. The molecule has 0 amide bonds. The first-order valence-electron chi connectivity index (χ1n) is 6.90. The molecule has 0 aliphatic carbocycles. The molecule has 0 heterocycles. The minimum Gasteiger partial charge on any atom is -0.497 e. The fourth-order valence-corrected chi connectivity index (χ4v) is 2.12. The predicted molar refractivity (Wildman–Crippen MR) is 83.1 cm³/mol. The van der Waals surface area contributed by atoms with Gasteiger partial charge in [-0.3, -0.25) is 0 Å². The van der Waals surface area contributed by atoms with Gasteiger partial charge in [-0.15, -0.1) is 0 Å². The third-order valence-corrected chi connectivity index (χ3v) is 3.24. The summed E-state index contributed by atoms with van der Waals surface area (Å²) < 4.78 is 16.5. The lowest BCUT2D eigenvalue weighted by atomic mass is 10.1. The number of ether oxygens (including phenoxy) is 3. The van der Waals surface area contributed by atoms with E-state index in [1.807, 2.05) is 42.5 Å². The van der Waals surface area contributed by atoms with Gasteiger partial charge in [0.15, 0.2) is 11.5 Å². The van der Waals surface area contributed by atoms with Crippen molar-refractivity contribution in [3.8, 4) is 17.2 Å². The summed E-state index contributed by atoms with van der Waals surface area (Å²) in [6.07, 6.45) is 0.759. The quantitative estimate of drug-likeness (QED) is 0.851. The molecule has 2 N–H and O–H groups in total. The van der Waals surface area contributed by atoms with Gasteiger partial charge in [0.25, 0.3) is 0 Å². The molecular formula is C17H21NO3. The van der Waals surface area contributed by atoms with Crippen LogP contribution in [-0.2, 0) is 13.0 Å². The zero-order chi connectivity index (χ0) is 15.1. The summed E-state index contributed by atoms with van der Waals surface area (Å²) in [4.78, 5) is 0. The number of para-hydroxylation sites is 1. The van der Waals surface area contributed by atoms with Crippen molar-refractivity contribution in [1.82, 2.24) is 0 Å². The number of nitrogens with two attached hydrogens (primary N) is 1. The second-order valence-electron chi connectivity index (χ2n) is 4.62. The Balaban J connectivity index is 2.13. The monoisotopic (exact) mass is 287 g/mol. The topological polar surface area (TPSA) is 53.7 Å². The Morgan fingerprint density at radius 3 is 2.33 bits per heavy atom. The second kappa shape index (κ2) is 7.55. The zero-order valence-electron chi connectivity index (χ0n) is 12.5. The Morgan fingerprint density at radius 1 is 0.952 bits per heavy atom. The van der Waals surface area contributed by atoms with E-state index in [4.69, 9.17) is 19.9 Å². The van der Waals surface area contributed by atoms with Crippen LogP contribution in [0.25, 0.3) is 0 Å². The molecule has 0 bridgehead atoms. The SMILES string of the molecule is COc1ccc(COc2c(CCN)cccc2OC)cc1. The number of hydrogen-bond donors (Lipinski definition) is 1. The third-order valence-electron chi connectivity index (χ3n) is 3.24. The smallest absolute Gasteiger partial charge is 0.164 e. The highest BCUT2D eigenvalue weighted by atomic mass is 16.5. The molecule has 0 saturated heterocycles. The first-order valence-corrected chi connectivity index (χ1v) is 6.90. The molecule has 112 valence electrons. The first-order chi connectivity index (χ1) is 10.3. The standard InChI is InChI=1S/C17H21NO3/c1-19-15-8-6-13(7-9-15)12-21-17-14(10-11-18)4-3-5-16(17)20-2/h3-9H,10-12,18H2,1-2H3. The van der Waals surface area contributed by atoms with Gasteiger partial charge in [-0.1, -0.05) is 24.3 Å². The number of hydrogen-bond acceptors (Lipinski definition) is 4. The molecule has 0 fully saturated rings. The van der Waals surface area contributed by atoms with Crippen LogP contribution in [-0.4, -0.2) is 20.8 Å². The fraction of sp³-hybridized carbons (Fsp3) is 0.294. The van der Waals surface area contributed by atoms with E-state index in [9.17, 15) is 0 Å². The Labute approximate surface area is 125 Å². The summed E-state index contributed by atoms with van der Waals surface area (Å²) in [5.74, 6) is 2.33. The van der Waals surface area contributed by atoms with E-state index in [0.29, 0.717) is 13.2 Å². The zero-order valence-corrected chi connectivity index (χ0v) is 12.5. The van der Waals surface area contributed by atoms with Gasteiger partial charge in [-0.2, -0.15) is 0 Å². The summed E-state index contributed by atoms with van der Waals surface area (Å²) >= 11 is 0. The highest BCUT2D eigenvalue weighted by molar-refractivity contribution is 5.47. The van der Waals surface area contributed by atoms with E-state index >= 15 is 0 Å². The van der Waals surface area contributed by atoms with Gasteiger partial charge in [0.05, 0.1) is 14.2 Å². The van der Waals surface area contributed by atoms with E-state index in [1.54, 1.807) is 14.2 Å². The van der Waals surface area contributed by atoms with Crippen molar-refractivity contribution in [2.45, 2.75) is 13.0 Å². The lowest BCUT2D eigenvalue weighted by Crippen LogP contribution is -2.06. The van der Waals surface area contributed by atoms with Crippen LogP contribution in [0.4, 0.5) is 0 Å². The molecule has 0 spiro atoms. The van der Waals surface area contributed by atoms with Crippen LogP contribution >= 0.6 is 0 Å². The molecule has 2 aromatic carbocycles. The van der Waals surface area contributed by atoms with E-state index in [0.717, 1.165) is 34.8 Å². The molecule has 0 radical (unpaired) electrons. The molecule has 0 aromatic heterocycles. The maximum Gasteiger partial charge on any atom is 0.164 e. The summed E-state index contributed by atoms with van der Waals surface area (Å²) in [5, 5.41) is 0. The summed E-state index contributed by atoms with van der Waals surface area (Å²) in [6, 6.07) is 13.7.